The summed E-state index contributed by atoms with van der Waals surface area (Å²) in [4.78, 5) is 20.9. The minimum absolute atomic E-state index is 0.148. The Balaban J connectivity index is 1.68. The van der Waals surface area contributed by atoms with Gasteiger partial charge in [0.2, 0.25) is 0 Å². The smallest absolute Gasteiger partial charge is 0.251 e. The maximum Gasteiger partial charge on any atom is 0.251 e. The summed E-state index contributed by atoms with van der Waals surface area (Å²) in [6, 6.07) is 18.0. The molecule has 2 aromatic carbocycles. The van der Waals surface area contributed by atoms with Crippen molar-refractivity contribution in [3.05, 3.63) is 71.1 Å². The van der Waals surface area contributed by atoms with Crippen LogP contribution in [-0.2, 0) is 4.74 Å². The van der Waals surface area contributed by atoms with Gasteiger partial charge in [0.15, 0.2) is 0 Å². The van der Waals surface area contributed by atoms with Crippen molar-refractivity contribution in [1.29, 1.82) is 0 Å². The predicted molar refractivity (Wildman–Crippen MR) is 98.8 cm³/mol. The standard InChI is InChI=1S/C20H19N3O2/c24-19-7-8-21-20(22-19)17-5-1-3-15(13-17)16-4-2-6-18(14-16)23-9-11-25-12-10-23/h1-8,13-14H,9-12H2,(H,21,22,24). The highest BCUT2D eigenvalue weighted by Gasteiger charge is 2.12. The summed E-state index contributed by atoms with van der Waals surface area (Å²) in [5.41, 5.74) is 4.19. The lowest BCUT2D eigenvalue weighted by Gasteiger charge is -2.29. The van der Waals surface area contributed by atoms with Crippen LogP contribution in [0.1, 0.15) is 0 Å². The molecule has 0 bridgehead atoms. The third kappa shape index (κ3) is 3.46. The van der Waals surface area contributed by atoms with Gasteiger partial charge >= 0.3 is 0 Å². The molecule has 1 N–H and O–H groups in total. The fourth-order valence-corrected chi connectivity index (χ4v) is 3.07. The van der Waals surface area contributed by atoms with E-state index in [-0.39, 0.29) is 5.56 Å². The predicted octanol–water partition coefficient (Wildman–Crippen LogP) is 2.94. The number of benzene rings is 2. The molecule has 3 aromatic rings. The molecule has 1 aliphatic heterocycles. The Morgan fingerprint density at radius 3 is 2.44 bits per heavy atom. The van der Waals surface area contributed by atoms with Gasteiger partial charge in [0.05, 0.1) is 13.2 Å². The highest BCUT2D eigenvalue weighted by molar-refractivity contribution is 5.73. The minimum Gasteiger partial charge on any atom is -0.378 e. The number of hydrogen-bond acceptors (Lipinski definition) is 4. The Hall–Kier alpha value is -2.92. The Kier molecular flexibility index (Phi) is 4.31. The topological polar surface area (TPSA) is 58.2 Å². The van der Waals surface area contributed by atoms with Crippen LogP contribution in [0.3, 0.4) is 0 Å². The zero-order valence-corrected chi connectivity index (χ0v) is 13.8. The van der Waals surface area contributed by atoms with Crippen molar-refractivity contribution in [2.45, 2.75) is 0 Å². The number of nitrogens with one attached hydrogen (secondary N) is 1. The Labute approximate surface area is 145 Å². The highest BCUT2D eigenvalue weighted by Crippen LogP contribution is 2.27. The molecular weight excluding hydrogens is 314 g/mol. The average molecular weight is 333 g/mol. The van der Waals surface area contributed by atoms with Gasteiger partial charge in [0, 0.05) is 36.6 Å². The Morgan fingerprint density at radius 2 is 1.64 bits per heavy atom. The monoisotopic (exact) mass is 333 g/mol. The van der Waals surface area contributed by atoms with E-state index in [2.05, 4.69) is 51.3 Å². The number of aromatic nitrogens is 2. The third-order valence-corrected chi connectivity index (χ3v) is 4.36. The van der Waals surface area contributed by atoms with Crippen molar-refractivity contribution in [3.63, 3.8) is 0 Å². The number of nitrogens with zero attached hydrogens (tertiary/aromatic N) is 2. The molecule has 5 nitrogen and oxygen atoms in total. The van der Waals surface area contributed by atoms with Crippen LogP contribution in [0.5, 0.6) is 0 Å². The van der Waals surface area contributed by atoms with E-state index in [4.69, 9.17) is 4.74 Å². The van der Waals surface area contributed by atoms with Gasteiger partial charge in [0.1, 0.15) is 5.82 Å². The highest BCUT2D eigenvalue weighted by atomic mass is 16.5. The minimum atomic E-state index is -0.148. The molecule has 25 heavy (non-hydrogen) atoms. The summed E-state index contributed by atoms with van der Waals surface area (Å²) >= 11 is 0. The molecule has 0 unspecified atom stereocenters. The maximum atomic E-state index is 11.5. The number of anilines is 1. The van der Waals surface area contributed by atoms with Crippen molar-refractivity contribution in [3.8, 4) is 22.5 Å². The summed E-state index contributed by atoms with van der Waals surface area (Å²) in [5.74, 6) is 0.582. The molecule has 1 fully saturated rings. The molecule has 5 heteroatoms. The van der Waals surface area contributed by atoms with E-state index in [1.54, 1.807) is 0 Å². The summed E-state index contributed by atoms with van der Waals surface area (Å²) in [7, 11) is 0. The second-order valence-electron chi connectivity index (χ2n) is 6.01. The van der Waals surface area contributed by atoms with Crippen LogP contribution in [0.2, 0.25) is 0 Å². The molecule has 0 aliphatic carbocycles. The van der Waals surface area contributed by atoms with Gasteiger partial charge in [-0.25, -0.2) is 4.98 Å². The van der Waals surface area contributed by atoms with Gasteiger partial charge in [-0.05, 0) is 29.3 Å². The second-order valence-corrected chi connectivity index (χ2v) is 6.01. The Morgan fingerprint density at radius 1 is 0.920 bits per heavy atom. The second kappa shape index (κ2) is 6.91. The number of rotatable bonds is 3. The maximum absolute atomic E-state index is 11.5. The van der Waals surface area contributed by atoms with Crippen LogP contribution < -0.4 is 10.5 Å². The Bertz CT molecular complexity index is 930. The van der Waals surface area contributed by atoms with Gasteiger partial charge in [-0.15, -0.1) is 0 Å². The average Bonchev–Trinajstić information content (AvgIpc) is 2.69. The number of morpholine rings is 1. The van der Waals surface area contributed by atoms with Crippen LogP contribution in [0.4, 0.5) is 5.69 Å². The van der Waals surface area contributed by atoms with E-state index < -0.39 is 0 Å². The lowest BCUT2D eigenvalue weighted by Crippen LogP contribution is -2.36. The summed E-state index contributed by atoms with van der Waals surface area (Å²) in [6.07, 6.45) is 1.53. The van der Waals surface area contributed by atoms with Crippen LogP contribution in [0.25, 0.3) is 22.5 Å². The van der Waals surface area contributed by atoms with Crippen LogP contribution in [0.15, 0.2) is 65.6 Å². The first-order chi connectivity index (χ1) is 12.3. The van der Waals surface area contributed by atoms with Crippen molar-refractivity contribution in [2.24, 2.45) is 0 Å². The van der Waals surface area contributed by atoms with Crippen molar-refractivity contribution in [1.82, 2.24) is 9.97 Å². The first-order valence-electron chi connectivity index (χ1n) is 8.38. The number of H-pyrrole nitrogens is 1. The number of aromatic amines is 1. The van der Waals surface area contributed by atoms with Gasteiger partial charge in [0.25, 0.3) is 5.56 Å². The molecule has 0 radical (unpaired) electrons. The van der Waals surface area contributed by atoms with Gasteiger partial charge in [-0.1, -0.05) is 30.3 Å². The van der Waals surface area contributed by atoms with E-state index in [9.17, 15) is 4.79 Å². The molecule has 4 rings (SSSR count). The molecule has 126 valence electrons. The van der Waals surface area contributed by atoms with E-state index in [0.29, 0.717) is 5.82 Å². The zero-order chi connectivity index (χ0) is 17.1. The van der Waals surface area contributed by atoms with E-state index in [1.807, 2.05) is 12.1 Å². The fourth-order valence-electron chi connectivity index (χ4n) is 3.07. The van der Waals surface area contributed by atoms with Gasteiger partial charge in [-0.3, -0.25) is 4.79 Å². The first-order valence-corrected chi connectivity index (χ1v) is 8.38. The molecule has 0 spiro atoms. The quantitative estimate of drug-likeness (QED) is 0.801. The van der Waals surface area contributed by atoms with E-state index in [0.717, 1.165) is 43.0 Å². The molecule has 2 heterocycles. The molecule has 1 aliphatic rings. The lowest BCUT2D eigenvalue weighted by atomic mass is 10.0. The van der Waals surface area contributed by atoms with E-state index in [1.165, 1.54) is 18.0 Å². The molecule has 0 atom stereocenters. The molecule has 1 aromatic heterocycles. The third-order valence-electron chi connectivity index (χ3n) is 4.36. The van der Waals surface area contributed by atoms with Crippen molar-refractivity contribution >= 4 is 5.69 Å². The van der Waals surface area contributed by atoms with Crippen molar-refractivity contribution in [2.75, 3.05) is 31.2 Å². The summed E-state index contributed by atoms with van der Waals surface area (Å²) in [6.45, 7) is 3.37. The molecule has 1 saturated heterocycles. The van der Waals surface area contributed by atoms with Crippen LogP contribution >= 0.6 is 0 Å². The summed E-state index contributed by atoms with van der Waals surface area (Å²) < 4.78 is 5.43. The van der Waals surface area contributed by atoms with Crippen LogP contribution in [-0.4, -0.2) is 36.3 Å². The fraction of sp³-hybridized carbons (Fsp3) is 0.200. The number of hydrogen-bond donors (Lipinski definition) is 1. The lowest BCUT2D eigenvalue weighted by molar-refractivity contribution is 0.122. The van der Waals surface area contributed by atoms with Gasteiger partial charge in [-0.2, -0.15) is 0 Å². The van der Waals surface area contributed by atoms with Gasteiger partial charge < -0.3 is 14.6 Å². The van der Waals surface area contributed by atoms with Crippen molar-refractivity contribution < 1.29 is 4.74 Å². The SMILES string of the molecule is O=c1ccnc(-c2cccc(-c3cccc(N4CCOCC4)c3)c2)[nH]1. The first kappa shape index (κ1) is 15.6. The van der Waals surface area contributed by atoms with Crippen LogP contribution in [0, 0.1) is 0 Å². The molecular formula is C20H19N3O2. The zero-order valence-electron chi connectivity index (χ0n) is 13.8. The van der Waals surface area contributed by atoms with E-state index >= 15 is 0 Å². The molecule has 0 saturated carbocycles. The number of ether oxygens (including phenoxy) is 1. The molecule has 0 amide bonds. The largest absolute Gasteiger partial charge is 0.378 e. The summed E-state index contributed by atoms with van der Waals surface area (Å²) in [5, 5.41) is 0. The normalized spacial score (nSPS) is 14.5.